The van der Waals surface area contributed by atoms with Crippen molar-refractivity contribution in [3.05, 3.63) is 119 Å². The molecular weight excluding hydrogens is 651 g/mol. The van der Waals surface area contributed by atoms with Gasteiger partial charge in [0.1, 0.15) is 5.75 Å². The molecule has 0 aliphatic carbocycles. The van der Waals surface area contributed by atoms with E-state index in [9.17, 15) is 14.7 Å². The van der Waals surface area contributed by atoms with Crippen LogP contribution in [0.5, 0.6) is 5.75 Å². The summed E-state index contributed by atoms with van der Waals surface area (Å²) in [7, 11) is 1.68. The third-order valence-corrected chi connectivity index (χ3v) is 9.83. The molecule has 0 saturated carbocycles. The number of anilines is 2. The summed E-state index contributed by atoms with van der Waals surface area (Å²) in [6, 6.07) is 31.1. The number of aliphatic hydroxyl groups excluding tert-OH is 1. The van der Waals surface area contributed by atoms with Gasteiger partial charge in [-0.25, -0.2) is 0 Å². The molecule has 1 saturated heterocycles. The predicted octanol–water partition coefficient (Wildman–Crippen LogP) is 7.70. The Bertz CT molecular complexity index is 1670. The molecule has 4 aromatic carbocycles. The summed E-state index contributed by atoms with van der Waals surface area (Å²) in [5, 5.41) is 15.4. The molecule has 264 valence electrons. The first-order valence-electron chi connectivity index (χ1n) is 17.2. The summed E-state index contributed by atoms with van der Waals surface area (Å²) in [6.07, 6.45) is 4.07. The fourth-order valence-electron chi connectivity index (χ4n) is 5.77. The average molecular weight is 698 g/mol. The van der Waals surface area contributed by atoms with Gasteiger partial charge in [-0.05, 0) is 53.8 Å². The van der Waals surface area contributed by atoms with Crippen LogP contribution in [-0.4, -0.2) is 35.9 Å². The number of nitrogens with one attached hydrogen (secondary N) is 2. The van der Waals surface area contributed by atoms with Crippen molar-refractivity contribution >= 4 is 35.0 Å². The zero-order chi connectivity index (χ0) is 35.1. The van der Waals surface area contributed by atoms with E-state index in [-0.39, 0.29) is 30.6 Å². The van der Waals surface area contributed by atoms with Crippen LogP contribution in [0.2, 0.25) is 0 Å². The van der Waals surface area contributed by atoms with Gasteiger partial charge in [0, 0.05) is 42.0 Å². The first-order chi connectivity index (χ1) is 24.4. The van der Waals surface area contributed by atoms with Crippen LogP contribution in [0.3, 0.4) is 0 Å². The Morgan fingerprint density at radius 2 is 1.48 bits per heavy atom. The average Bonchev–Trinajstić information content (AvgIpc) is 3.15. The van der Waals surface area contributed by atoms with E-state index in [1.807, 2.05) is 78.9 Å². The SMILES string of the molecule is COc1ccccc1SCC1CC(c2ccc(CO)cc2)OC(c2ccc(CNC(=O)CCCCCCC(=O)Nc3ccccc3N)cc2)O1. The first kappa shape index (κ1) is 36.9. The molecule has 3 atom stereocenters. The highest BCUT2D eigenvalue weighted by molar-refractivity contribution is 7.99. The normalized spacial score (nSPS) is 17.2. The van der Waals surface area contributed by atoms with Crippen LogP contribution in [0.4, 0.5) is 11.4 Å². The highest BCUT2D eigenvalue weighted by atomic mass is 32.2. The summed E-state index contributed by atoms with van der Waals surface area (Å²) < 4.78 is 18.5. The Morgan fingerprint density at radius 3 is 2.20 bits per heavy atom. The number of hydrogen-bond acceptors (Lipinski definition) is 8. The summed E-state index contributed by atoms with van der Waals surface area (Å²) in [6.45, 7) is 0.433. The molecule has 1 heterocycles. The van der Waals surface area contributed by atoms with Gasteiger partial charge >= 0.3 is 0 Å². The van der Waals surface area contributed by atoms with E-state index < -0.39 is 6.29 Å². The number of rotatable bonds is 17. The second-order valence-electron chi connectivity index (χ2n) is 12.4. The zero-order valence-corrected chi connectivity index (χ0v) is 29.3. The van der Waals surface area contributed by atoms with Crippen LogP contribution in [-0.2, 0) is 32.2 Å². The van der Waals surface area contributed by atoms with E-state index in [1.165, 1.54) is 0 Å². The number of unbranched alkanes of at least 4 members (excludes halogenated alkanes) is 3. The molecule has 0 bridgehead atoms. The number of thioether (sulfide) groups is 1. The smallest absolute Gasteiger partial charge is 0.224 e. The maximum atomic E-state index is 12.5. The van der Waals surface area contributed by atoms with Gasteiger partial charge in [0.15, 0.2) is 6.29 Å². The molecule has 0 radical (unpaired) electrons. The van der Waals surface area contributed by atoms with Crippen LogP contribution in [0.25, 0.3) is 0 Å². The van der Waals surface area contributed by atoms with Gasteiger partial charge in [-0.2, -0.15) is 0 Å². The Labute approximate surface area is 298 Å². The van der Waals surface area contributed by atoms with Crippen LogP contribution in [0.15, 0.2) is 102 Å². The Kier molecular flexibility index (Phi) is 14.1. The molecule has 4 aromatic rings. The minimum atomic E-state index is -0.555. The summed E-state index contributed by atoms with van der Waals surface area (Å²) in [5.41, 5.74) is 10.9. The monoisotopic (exact) mass is 697 g/mol. The number of methoxy groups -OCH3 is 1. The minimum absolute atomic E-state index is 0.00347. The predicted molar refractivity (Wildman–Crippen MR) is 198 cm³/mol. The second-order valence-corrected chi connectivity index (χ2v) is 13.4. The molecule has 1 aliphatic heterocycles. The van der Waals surface area contributed by atoms with Crippen molar-refractivity contribution in [2.24, 2.45) is 0 Å². The minimum Gasteiger partial charge on any atom is -0.496 e. The van der Waals surface area contributed by atoms with Crippen LogP contribution < -0.4 is 21.1 Å². The number of amides is 2. The van der Waals surface area contributed by atoms with Crippen molar-refractivity contribution in [2.75, 3.05) is 23.9 Å². The maximum absolute atomic E-state index is 12.5. The van der Waals surface area contributed by atoms with Gasteiger partial charge in [0.05, 0.1) is 37.3 Å². The highest BCUT2D eigenvalue weighted by Gasteiger charge is 2.32. The van der Waals surface area contributed by atoms with Gasteiger partial charge in [-0.15, -0.1) is 11.8 Å². The maximum Gasteiger partial charge on any atom is 0.224 e. The molecule has 0 spiro atoms. The summed E-state index contributed by atoms with van der Waals surface area (Å²) in [5.74, 6) is 1.53. The molecule has 0 aromatic heterocycles. The van der Waals surface area contributed by atoms with E-state index in [2.05, 4.69) is 16.7 Å². The molecule has 5 N–H and O–H groups in total. The quantitative estimate of drug-likeness (QED) is 0.0502. The van der Waals surface area contributed by atoms with Crippen molar-refractivity contribution in [1.82, 2.24) is 5.32 Å². The molecule has 10 heteroatoms. The van der Waals surface area contributed by atoms with Gasteiger partial charge in [-0.1, -0.05) is 85.6 Å². The van der Waals surface area contributed by atoms with Crippen molar-refractivity contribution in [1.29, 1.82) is 0 Å². The van der Waals surface area contributed by atoms with Gasteiger partial charge in [0.2, 0.25) is 11.8 Å². The lowest BCUT2D eigenvalue weighted by Gasteiger charge is -2.36. The lowest BCUT2D eigenvalue weighted by atomic mass is 10.0. The second kappa shape index (κ2) is 19.2. The van der Waals surface area contributed by atoms with Crippen molar-refractivity contribution in [3.8, 4) is 5.75 Å². The number of aliphatic hydroxyl groups is 1. The standard InChI is InChI=1S/C40H47N3O6S/c1-47-35-12-8-9-13-37(35)50-27-32-24-36(30-20-18-29(26-44)19-21-30)49-40(48-32)31-22-16-28(17-23-31)25-42-38(45)14-4-2-3-5-15-39(46)43-34-11-7-6-10-33(34)41/h6-13,16-23,32,36,40,44H,2-5,14-15,24-27,41H2,1H3,(H,42,45)(H,43,46). The van der Waals surface area contributed by atoms with Crippen molar-refractivity contribution in [2.45, 2.75) is 81.5 Å². The summed E-state index contributed by atoms with van der Waals surface area (Å²) >= 11 is 1.70. The zero-order valence-electron chi connectivity index (χ0n) is 28.5. The number of ether oxygens (including phenoxy) is 3. The number of para-hydroxylation sites is 3. The molecule has 1 aliphatic rings. The molecule has 1 fully saturated rings. The number of carbonyl (C=O) groups excluding carboxylic acids is 2. The van der Waals surface area contributed by atoms with Gasteiger partial charge in [0.25, 0.3) is 0 Å². The highest BCUT2D eigenvalue weighted by Crippen LogP contribution is 2.40. The molecule has 5 rings (SSSR count). The number of nitrogen functional groups attached to an aromatic ring is 1. The van der Waals surface area contributed by atoms with Crippen LogP contribution in [0.1, 0.15) is 79.6 Å². The van der Waals surface area contributed by atoms with Crippen LogP contribution >= 0.6 is 11.8 Å². The Balaban J connectivity index is 1.07. The molecule has 9 nitrogen and oxygen atoms in total. The van der Waals surface area contributed by atoms with E-state index >= 15 is 0 Å². The topological polar surface area (TPSA) is 132 Å². The fourth-order valence-corrected chi connectivity index (χ4v) is 6.82. The van der Waals surface area contributed by atoms with Crippen molar-refractivity contribution in [3.63, 3.8) is 0 Å². The summed E-state index contributed by atoms with van der Waals surface area (Å²) in [4.78, 5) is 25.8. The lowest BCUT2D eigenvalue weighted by Crippen LogP contribution is -2.31. The molecule has 3 unspecified atom stereocenters. The van der Waals surface area contributed by atoms with Gasteiger partial charge < -0.3 is 35.7 Å². The van der Waals surface area contributed by atoms with E-state index in [1.54, 1.807) is 31.0 Å². The number of benzene rings is 4. The third kappa shape index (κ3) is 11.1. The third-order valence-electron chi connectivity index (χ3n) is 8.64. The molecular formula is C40H47N3O6S. The van der Waals surface area contributed by atoms with E-state index in [4.69, 9.17) is 19.9 Å². The first-order valence-corrected chi connectivity index (χ1v) is 18.2. The Morgan fingerprint density at radius 1 is 0.820 bits per heavy atom. The van der Waals surface area contributed by atoms with E-state index in [0.29, 0.717) is 37.2 Å². The number of hydrogen-bond donors (Lipinski definition) is 4. The number of nitrogens with two attached hydrogens (primary N) is 1. The molecule has 2 amide bonds. The Hall–Kier alpha value is -4.35. The van der Waals surface area contributed by atoms with Crippen LogP contribution in [0, 0.1) is 0 Å². The van der Waals surface area contributed by atoms with Gasteiger partial charge in [-0.3, -0.25) is 9.59 Å². The largest absolute Gasteiger partial charge is 0.496 e. The molecule has 50 heavy (non-hydrogen) atoms. The van der Waals surface area contributed by atoms with E-state index in [0.717, 1.165) is 64.3 Å². The fraction of sp³-hybridized carbons (Fsp3) is 0.350. The van der Waals surface area contributed by atoms with Crippen molar-refractivity contribution < 1.29 is 28.9 Å². The number of carbonyl (C=O) groups is 2. The lowest BCUT2D eigenvalue weighted by molar-refractivity contribution is -0.245.